The van der Waals surface area contributed by atoms with Crippen molar-refractivity contribution in [3.63, 3.8) is 0 Å². The second-order valence-corrected chi connectivity index (χ2v) is 7.14. The molecular formula is C27H26O3. The number of hydrogen-bond acceptors (Lipinski definition) is 2. The summed E-state index contributed by atoms with van der Waals surface area (Å²) in [6.45, 7) is 4.47. The molecule has 152 valence electrons. The minimum absolute atomic E-state index is 0.137. The first-order chi connectivity index (χ1) is 14.6. The first-order valence-corrected chi connectivity index (χ1v) is 10.0. The minimum Gasteiger partial charge on any atom is -0.489 e. The summed E-state index contributed by atoms with van der Waals surface area (Å²) in [5.41, 5.74) is 5.46. The Morgan fingerprint density at radius 3 is 2.60 bits per heavy atom. The number of allylic oxidation sites excluding steroid dienone is 9. The molecule has 1 N–H and O–H groups in total. The van der Waals surface area contributed by atoms with Crippen molar-refractivity contribution in [1.82, 2.24) is 0 Å². The molecule has 1 aliphatic rings. The van der Waals surface area contributed by atoms with Crippen LogP contribution in [0.4, 0.5) is 0 Å². The van der Waals surface area contributed by atoms with Crippen molar-refractivity contribution < 1.29 is 14.6 Å². The van der Waals surface area contributed by atoms with Gasteiger partial charge in [0.15, 0.2) is 0 Å². The Balaban J connectivity index is 1.65. The van der Waals surface area contributed by atoms with Crippen molar-refractivity contribution >= 4 is 11.5 Å². The maximum absolute atomic E-state index is 10.7. The van der Waals surface area contributed by atoms with Gasteiger partial charge >= 0.3 is 5.97 Å². The summed E-state index contributed by atoms with van der Waals surface area (Å²) in [4.78, 5) is 10.7. The van der Waals surface area contributed by atoms with E-state index in [9.17, 15) is 4.79 Å². The molecule has 3 nitrogen and oxygen atoms in total. The maximum Gasteiger partial charge on any atom is 0.303 e. The fourth-order valence-corrected chi connectivity index (χ4v) is 3.11. The smallest absolute Gasteiger partial charge is 0.303 e. The number of rotatable bonds is 7. The van der Waals surface area contributed by atoms with Crippen molar-refractivity contribution in [2.75, 3.05) is 0 Å². The van der Waals surface area contributed by atoms with Gasteiger partial charge in [-0.15, -0.1) is 0 Å². The molecule has 3 heteroatoms. The number of carboxylic acid groups (broad SMARTS) is 1. The lowest BCUT2D eigenvalue weighted by molar-refractivity contribution is -0.136. The van der Waals surface area contributed by atoms with Gasteiger partial charge in [0.05, 0.1) is 0 Å². The molecule has 3 rings (SSSR count). The molecule has 2 aromatic rings. The Morgan fingerprint density at radius 1 is 1.00 bits per heavy atom. The van der Waals surface area contributed by atoms with Crippen molar-refractivity contribution in [3.8, 4) is 5.75 Å². The van der Waals surface area contributed by atoms with Crippen LogP contribution >= 0.6 is 0 Å². The van der Waals surface area contributed by atoms with Gasteiger partial charge in [0, 0.05) is 6.42 Å². The van der Waals surface area contributed by atoms with Gasteiger partial charge in [0.2, 0.25) is 0 Å². The van der Waals surface area contributed by atoms with Crippen LogP contribution in [-0.4, -0.2) is 11.1 Å². The number of hydrogen-bond donors (Lipinski definition) is 1. The molecule has 0 saturated heterocycles. The molecule has 1 aliphatic carbocycles. The minimum atomic E-state index is -0.784. The molecule has 0 aliphatic heterocycles. The zero-order chi connectivity index (χ0) is 21.2. The molecule has 0 fully saturated rings. The van der Waals surface area contributed by atoms with Crippen LogP contribution in [-0.2, 0) is 17.8 Å². The Kier molecular flexibility index (Phi) is 7.62. The number of aliphatic carboxylic acids is 1. The lowest BCUT2D eigenvalue weighted by atomic mass is 9.99. The van der Waals surface area contributed by atoms with Gasteiger partial charge in [0.1, 0.15) is 12.4 Å². The molecule has 0 aromatic heterocycles. The lowest BCUT2D eigenvalue weighted by Crippen LogP contribution is -1.98. The summed E-state index contributed by atoms with van der Waals surface area (Å²) in [6.07, 6.45) is 15.9. The van der Waals surface area contributed by atoms with Crippen molar-refractivity contribution in [3.05, 3.63) is 120 Å². The number of benzene rings is 2. The van der Waals surface area contributed by atoms with Crippen LogP contribution < -0.4 is 4.74 Å². The second kappa shape index (κ2) is 10.8. The summed E-state index contributed by atoms with van der Waals surface area (Å²) in [5, 5.41) is 8.78. The fourth-order valence-electron chi connectivity index (χ4n) is 3.11. The summed E-state index contributed by atoms with van der Waals surface area (Å²) < 4.78 is 5.93. The van der Waals surface area contributed by atoms with Gasteiger partial charge in [-0.1, -0.05) is 79.4 Å². The van der Waals surface area contributed by atoms with E-state index in [2.05, 4.69) is 43.0 Å². The Bertz CT molecular complexity index is 1000. The van der Waals surface area contributed by atoms with Crippen molar-refractivity contribution in [2.24, 2.45) is 0 Å². The van der Waals surface area contributed by atoms with Gasteiger partial charge in [0.25, 0.3) is 0 Å². The zero-order valence-corrected chi connectivity index (χ0v) is 17.0. The van der Waals surface area contributed by atoms with Gasteiger partial charge in [-0.05, 0) is 58.9 Å². The van der Waals surface area contributed by atoms with Gasteiger partial charge in [-0.25, -0.2) is 0 Å². The predicted octanol–water partition coefficient (Wildman–Crippen LogP) is 6.29. The Labute approximate surface area is 178 Å². The summed E-state index contributed by atoms with van der Waals surface area (Å²) in [6, 6.07) is 16.0. The van der Waals surface area contributed by atoms with E-state index >= 15 is 0 Å². The third kappa shape index (κ3) is 6.78. The quantitative estimate of drug-likeness (QED) is 0.596. The monoisotopic (exact) mass is 398 g/mol. The molecule has 30 heavy (non-hydrogen) atoms. The van der Waals surface area contributed by atoms with Gasteiger partial charge in [-0.2, -0.15) is 0 Å². The largest absolute Gasteiger partial charge is 0.489 e. The molecule has 2 aromatic carbocycles. The van der Waals surface area contributed by atoms with E-state index in [-0.39, 0.29) is 6.42 Å². The highest BCUT2D eigenvalue weighted by Gasteiger charge is 2.04. The van der Waals surface area contributed by atoms with Crippen LogP contribution in [0.2, 0.25) is 0 Å². The molecule has 0 amide bonds. The number of carbonyl (C=O) groups is 1. The number of aryl methyl sites for hydroxylation is 1. The average molecular weight is 399 g/mol. The third-order valence-electron chi connectivity index (χ3n) is 4.76. The van der Waals surface area contributed by atoms with E-state index in [1.54, 1.807) is 0 Å². The second-order valence-electron chi connectivity index (χ2n) is 7.14. The van der Waals surface area contributed by atoms with Crippen LogP contribution in [0.3, 0.4) is 0 Å². The highest BCUT2D eigenvalue weighted by atomic mass is 16.5. The Morgan fingerprint density at radius 2 is 1.80 bits per heavy atom. The zero-order valence-electron chi connectivity index (χ0n) is 17.0. The third-order valence-corrected chi connectivity index (χ3v) is 4.76. The molecular weight excluding hydrogens is 372 g/mol. The van der Waals surface area contributed by atoms with Crippen molar-refractivity contribution in [2.45, 2.75) is 25.9 Å². The topological polar surface area (TPSA) is 46.5 Å². The molecule has 0 radical (unpaired) electrons. The van der Waals surface area contributed by atoms with Crippen LogP contribution in [0.1, 0.15) is 29.5 Å². The van der Waals surface area contributed by atoms with Crippen LogP contribution in [0.15, 0.2) is 103 Å². The van der Waals surface area contributed by atoms with Crippen molar-refractivity contribution in [1.29, 1.82) is 0 Å². The highest BCUT2D eigenvalue weighted by molar-refractivity contribution is 5.69. The lowest BCUT2D eigenvalue weighted by Gasteiger charge is -2.10. The maximum atomic E-state index is 10.7. The van der Waals surface area contributed by atoms with Crippen LogP contribution in [0, 0.1) is 0 Å². The fraction of sp³-hybridized carbons (Fsp3) is 0.148. The SMILES string of the molecule is C=C1/C=C\C=C/C/C(c2cccc(COc3ccc(CCC(=O)O)cc3)c2)=C\C=C/1. The van der Waals surface area contributed by atoms with E-state index in [0.717, 1.165) is 28.9 Å². The normalized spacial score (nSPS) is 18.7. The summed E-state index contributed by atoms with van der Waals surface area (Å²) in [5.74, 6) is -0.0123. The summed E-state index contributed by atoms with van der Waals surface area (Å²) in [7, 11) is 0. The van der Waals surface area contributed by atoms with Crippen LogP contribution in [0.5, 0.6) is 5.75 Å². The molecule has 0 heterocycles. The number of ether oxygens (including phenoxy) is 1. The molecule has 0 spiro atoms. The van der Waals surface area contributed by atoms with E-state index in [1.165, 1.54) is 11.1 Å². The average Bonchev–Trinajstić information content (AvgIpc) is 2.76. The van der Waals surface area contributed by atoms with Gasteiger partial charge in [-0.3, -0.25) is 4.79 Å². The first-order valence-electron chi connectivity index (χ1n) is 10.0. The molecule has 0 saturated carbocycles. The molecule has 0 atom stereocenters. The van der Waals surface area contributed by atoms with E-state index < -0.39 is 5.97 Å². The standard InChI is InChI=1S/C27H26O3/c1-21-7-3-2-4-10-24(11-5-8-21)25-12-6-9-23(19-25)20-30-26-16-13-22(14-17-26)15-18-27(28)29/h2-9,11-14,16-17,19H,1,10,15,18,20H2,(H,28,29)/b4-2-,7-3-,8-5-,24-11+. The predicted molar refractivity (Wildman–Crippen MR) is 122 cm³/mol. The molecule has 0 bridgehead atoms. The van der Waals surface area contributed by atoms with E-state index in [0.29, 0.717) is 13.0 Å². The van der Waals surface area contributed by atoms with Crippen LogP contribution in [0.25, 0.3) is 5.57 Å². The van der Waals surface area contributed by atoms with E-state index in [4.69, 9.17) is 9.84 Å². The first kappa shape index (κ1) is 21.1. The molecule has 0 unspecified atom stereocenters. The Hall–Kier alpha value is -3.59. The summed E-state index contributed by atoms with van der Waals surface area (Å²) >= 11 is 0. The van der Waals surface area contributed by atoms with E-state index in [1.807, 2.05) is 54.6 Å². The van der Waals surface area contributed by atoms with Gasteiger partial charge < -0.3 is 9.84 Å². The number of carboxylic acids is 1. The highest BCUT2D eigenvalue weighted by Crippen LogP contribution is 2.22.